The van der Waals surface area contributed by atoms with Gasteiger partial charge in [-0.05, 0) is 36.0 Å². The number of carboxylic acid groups (broad SMARTS) is 1. The summed E-state index contributed by atoms with van der Waals surface area (Å²) in [6, 6.07) is 8.44. The van der Waals surface area contributed by atoms with Crippen LogP contribution in [-0.2, 0) is 0 Å². The van der Waals surface area contributed by atoms with Crippen molar-refractivity contribution in [1.82, 2.24) is 9.97 Å². The molecule has 2 rings (SSSR count). The van der Waals surface area contributed by atoms with Crippen LogP contribution < -0.4 is 0 Å². The summed E-state index contributed by atoms with van der Waals surface area (Å²) >= 11 is 1.22. The van der Waals surface area contributed by atoms with Crippen molar-refractivity contribution in [3.05, 3.63) is 47.8 Å². The van der Waals surface area contributed by atoms with E-state index in [1.807, 2.05) is 6.07 Å². The van der Waals surface area contributed by atoms with E-state index in [2.05, 4.69) is 9.97 Å². The van der Waals surface area contributed by atoms with Gasteiger partial charge in [0.25, 0.3) is 0 Å². The van der Waals surface area contributed by atoms with Crippen LogP contribution in [0.15, 0.2) is 46.7 Å². The summed E-state index contributed by atoms with van der Waals surface area (Å²) in [5.41, 5.74) is 0.590. The number of aromatic nitrogens is 2. The minimum atomic E-state index is -1.02. The van der Waals surface area contributed by atoms with Crippen molar-refractivity contribution < 1.29 is 9.90 Å². The van der Waals surface area contributed by atoms with E-state index < -0.39 is 5.97 Å². The van der Waals surface area contributed by atoms with E-state index in [1.54, 1.807) is 24.4 Å². The zero-order valence-electron chi connectivity index (χ0n) is 9.07. The zero-order valence-corrected chi connectivity index (χ0v) is 9.89. The summed E-state index contributed by atoms with van der Waals surface area (Å²) in [6.07, 6.45) is 2.87. The fraction of sp³-hybridized carbons (Fsp3) is 0. The fourth-order valence-electron chi connectivity index (χ4n) is 1.22. The molecule has 0 spiro atoms. The molecule has 0 bridgehead atoms. The standard InChI is InChI=1S/C12H7N3O2S/c13-6-8-2-1-5-14-11(8)18-10-4-3-9(7-15-10)12(16)17/h1-5,7H,(H,16,17). The Hall–Kier alpha value is -2.39. The summed E-state index contributed by atoms with van der Waals surface area (Å²) in [5, 5.41) is 18.8. The molecule has 0 unspecified atom stereocenters. The summed E-state index contributed by atoms with van der Waals surface area (Å²) in [4.78, 5) is 18.8. The Morgan fingerprint density at radius 1 is 1.33 bits per heavy atom. The van der Waals surface area contributed by atoms with E-state index >= 15 is 0 Å². The van der Waals surface area contributed by atoms with Crippen LogP contribution >= 0.6 is 11.8 Å². The summed E-state index contributed by atoms with van der Waals surface area (Å²) in [7, 11) is 0. The largest absolute Gasteiger partial charge is 0.478 e. The van der Waals surface area contributed by atoms with Crippen LogP contribution in [0.4, 0.5) is 0 Å². The SMILES string of the molecule is N#Cc1cccnc1Sc1ccc(C(=O)O)cn1. The molecule has 0 aliphatic carbocycles. The molecule has 0 aliphatic rings. The first kappa shape index (κ1) is 12.1. The summed E-state index contributed by atoms with van der Waals surface area (Å²) in [6.45, 7) is 0. The van der Waals surface area contributed by atoms with Crippen LogP contribution in [0.1, 0.15) is 15.9 Å². The maximum Gasteiger partial charge on any atom is 0.337 e. The van der Waals surface area contributed by atoms with E-state index in [9.17, 15) is 4.79 Å². The van der Waals surface area contributed by atoms with Gasteiger partial charge < -0.3 is 5.11 Å². The Bertz CT molecular complexity index is 620. The predicted octanol–water partition coefficient (Wildman–Crippen LogP) is 2.20. The lowest BCUT2D eigenvalue weighted by Gasteiger charge is -2.01. The van der Waals surface area contributed by atoms with Gasteiger partial charge in [-0.2, -0.15) is 5.26 Å². The highest BCUT2D eigenvalue weighted by Gasteiger charge is 2.07. The topological polar surface area (TPSA) is 86.9 Å². The van der Waals surface area contributed by atoms with E-state index in [-0.39, 0.29) is 5.56 Å². The van der Waals surface area contributed by atoms with Crippen LogP contribution in [0.5, 0.6) is 0 Å². The van der Waals surface area contributed by atoms with E-state index in [0.717, 1.165) is 0 Å². The Balaban J connectivity index is 2.24. The first-order chi connectivity index (χ1) is 8.70. The highest BCUT2D eigenvalue weighted by molar-refractivity contribution is 7.99. The number of rotatable bonds is 3. The third kappa shape index (κ3) is 2.64. The Morgan fingerprint density at radius 3 is 2.78 bits per heavy atom. The number of pyridine rings is 2. The normalized spacial score (nSPS) is 9.72. The molecule has 2 heterocycles. The van der Waals surface area contributed by atoms with Gasteiger partial charge >= 0.3 is 5.97 Å². The Kier molecular flexibility index (Phi) is 3.55. The van der Waals surface area contributed by atoms with Crippen molar-refractivity contribution in [3.63, 3.8) is 0 Å². The van der Waals surface area contributed by atoms with E-state index in [4.69, 9.17) is 10.4 Å². The maximum atomic E-state index is 10.7. The molecule has 0 aliphatic heterocycles. The number of carboxylic acids is 1. The molecule has 6 heteroatoms. The van der Waals surface area contributed by atoms with Crippen molar-refractivity contribution in [2.24, 2.45) is 0 Å². The lowest BCUT2D eigenvalue weighted by Crippen LogP contribution is -1.96. The van der Waals surface area contributed by atoms with Crippen LogP contribution in [0, 0.1) is 11.3 Å². The first-order valence-electron chi connectivity index (χ1n) is 4.93. The molecule has 2 aromatic heterocycles. The molecule has 88 valence electrons. The van der Waals surface area contributed by atoms with Crippen LogP contribution in [-0.4, -0.2) is 21.0 Å². The third-order valence-corrected chi connectivity index (χ3v) is 3.05. The molecule has 0 aromatic carbocycles. The van der Waals surface area contributed by atoms with Gasteiger partial charge in [-0.3, -0.25) is 0 Å². The molecule has 0 radical (unpaired) electrons. The van der Waals surface area contributed by atoms with Crippen molar-refractivity contribution in [3.8, 4) is 6.07 Å². The monoisotopic (exact) mass is 257 g/mol. The minimum absolute atomic E-state index is 0.126. The van der Waals surface area contributed by atoms with E-state index in [1.165, 1.54) is 24.0 Å². The molecule has 5 nitrogen and oxygen atoms in total. The highest BCUT2D eigenvalue weighted by atomic mass is 32.2. The first-order valence-corrected chi connectivity index (χ1v) is 5.74. The summed E-state index contributed by atoms with van der Waals surface area (Å²) in [5.74, 6) is -1.02. The molecule has 0 saturated heterocycles. The van der Waals surface area contributed by atoms with Crippen LogP contribution in [0.2, 0.25) is 0 Å². The molecular formula is C12H7N3O2S. The molecule has 0 atom stereocenters. The van der Waals surface area contributed by atoms with Gasteiger partial charge in [0.1, 0.15) is 16.1 Å². The minimum Gasteiger partial charge on any atom is -0.478 e. The van der Waals surface area contributed by atoms with Gasteiger partial charge in [-0.15, -0.1) is 0 Å². The molecule has 2 aromatic rings. The van der Waals surface area contributed by atoms with Gasteiger partial charge in [0, 0.05) is 12.4 Å². The average Bonchev–Trinajstić information content (AvgIpc) is 2.40. The van der Waals surface area contributed by atoms with Crippen molar-refractivity contribution in [2.45, 2.75) is 10.1 Å². The number of nitrogens with zero attached hydrogens (tertiary/aromatic N) is 3. The lowest BCUT2D eigenvalue weighted by molar-refractivity contribution is 0.0696. The smallest absolute Gasteiger partial charge is 0.337 e. The summed E-state index contributed by atoms with van der Waals surface area (Å²) < 4.78 is 0. The molecule has 1 N–H and O–H groups in total. The molecule has 0 fully saturated rings. The second-order valence-electron chi connectivity index (χ2n) is 3.26. The van der Waals surface area contributed by atoms with Gasteiger partial charge in [-0.25, -0.2) is 14.8 Å². The van der Waals surface area contributed by atoms with Crippen molar-refractivity contribution in [1.29, 1.82) is 5.26 Å². The van der Waals surface area contributed by atoms with Gasteiger partial charge in [0.2, 0.25) is 0 Å². The second kappa shape index (κ2) is 5.29. The third-order valence-electron chi connectivity index (χ3n) is 2.08. The Morgan fingerprint density at radius 2 is 2.17 bits per heavy atom. The van der Waals surface area contributed by atoms with Crippen molar-refractivity contribution >= 4 is 17.7 Å². The molecular weight excluding hydrogens is 250 g/mol. The van der Waals surface area contributed by atoms with Gasteiger partial charge in [0.15, 0.2) is 0 Å². The van der Waals surface area contributed by atoms with E-state index in [0.29, 0.717) is 15.6 Å². The molecule has 18 heavy (non-hydrogen) atoms. The number of carbonyl (C=O) groups is 1. The number of aromatic carboxylic acids is 1. The zero-order chi connectivity index (χ0) is 13.0. The fourth-order valence-corrected chi connectivity index (χ4v) is 2.00. The van der Waals surface area contributed by atoms with Gasteiger partial charge in [-0.1, -0.05) is 0 Å². The van der Waals surface area contributed by atoms with Crippen molar-refractivity contribution in [2.75, 3.05) is 0 Å². The number of nitriles is 1. The number of hydrogen-bond acceptors (Lipinski definition) is 5. The second-order valence-corrected chi connectivity index (χ2v) is 4.27. The average molecular weight is 257 g/mol. The predicted molar refractivity (Wildman–Crippen MR) is 64.3 cm³/mol. The van der Waals surface area contributed by atoms with Crippen LogP contribution in [0.3, 0.4) is 0 Å². The molecule has 0 amide bonds. The lowest BCUT2D eigenvalue weighted by atomic mass is 10.3. The number of hydrogen-bond donors (Lipinski definition) is 1. The van der Waals surface area contributed by atoms with Crippen LogP contribution in [0.25, 0.3) is 0 Å². The highest BCUT2D eigenvalue weighted by Crippen LogP contribution is 2.26. The molecule has 0 saturated carbocycles. The van der Waals surface area contributed by atoms with Gasteiger partial charge in [0.05, 0.1) is 11.1 Å². The quantitative estimate of drug-likeness (QED) is 0.906. The Labute approximate surface area is 107 Å². The maximum absolute atomic E-state index is 10.7.